The van der Waals surface area contributed by atoms with Gasteiger partial charge in [-0.3, -0.25) is 0 Å². The van der Waals surface area contributed by atoms with Crippen LogP contribution in [-0.2, 0) is 5.41 Å². The van der Waals surface area contributed by atoms with E-state index in [0.717, 1.165) is 44.5 Å². The average Bonchev–Trinajstić information content (AvgIpc) is 3.69. The zero-order valence-corrected chi connectivity index (χ0v) is 36.2. The average molecular weight is 851 g/mol. The summed E-state index contributed by atoms with van der Waals surface area (Å²) >= 11 is 0. The highest BCUT2D eigenvalue weighted by Crippen LogP contribution is 2.62. The van der Waals surface area contributed by atoms with Crippen molar-refractivity contribution in [3.8, 4) is 95.9 Å². The lowest BCUT2D eigenvalue weighted by Gasteiger charge is -2.40. The Morgan fingerprint density at radius 2 is 0.687 bits per heavy atom. The molecule has 2 aliphatic rings. The summed E-state index contributed by atoms with van der Waals surface area (Å²) in [6.07, 6.45) is 0. The first-order chi connectivity index (χ1) is 33.1. The summed E-state index contributed by atoms with van der Waals surface area (Å²) in [5.41, 5.74) is 19.9. The third-order valence-corrected chi connectivity index (χ3v) is 13.8. The van der Waals surface area contributed by atoms with Crippen molar-refractivity contribution in [2.24, 2.45) is 0 Å². The molecule has 1 aromatic heterocycles. The molecule has 1 spiro atoms. The number of aromatic nitrogens is 3. The zero-order chi connectivity index (χ0) is 44.5. The van der Waals surface area contributed by atoms with Crippen LogP contribution in [0.1, 0.15) is 27.8 Å². The van der Waals surface area contributed by atoms with Crippen LogP contribution < -0.4 is 0 Å². The lowest BCUT2D eigenvalue weighted by Crippen LogP contribution is -2.31. The number of benzene rings is 10. The number of nitrogens with zero attached hydrogens (tertiary/aromatic N) is 4. The van der Waals surface area contributed by atoms with Crippen molar-refractivity contribution in [3.63, 3.8) is 0 Å². The molecule has 0 amide bonds. The minimum Gasteiger partial charge on any atom is -0.208 e. The molecule has 0 radical (unpaired) electrons. The molecule has 0 fully saturated rings. The Labute approximate surface area is 388 Å². The van der Waals surface area contributed by atoms with Crippen LogP contribution in [0.2, 0.25) is 0 Å². The first-order valence-corrected chi connectivity index (χ1v) is 22.6. The lowest BCUT2D eigenvalue weighted by molar-refractivity contribution is 0.774. The van der Waals surface area contributed by atoms with Gasteiger partial charge in [0, 0.05) is 16.7 Å². The molecule has 10 aromatic carbocycles. The fourth-order valence-corrected chi connectivity index (χ4v) is 10.7. The molecule has 0 saturated carbocycles. The Kier molecular flexibility index (Phi) is 8.78. The van der Waals surface area contributed by atoms with Crippen molar-refractivity contribution >= 4 is 10.8 Å². The molecule has 2 aliphatic carbocycles. The van der Waals surface area contributed by atoms with Crippen molar-refractivity contribution in [2.75, 3.05) is 0 Å². The van der Waals surface area contributed by atoms with E-state index >= 15 is 0 Å². The van der Waals surface area contributed by atoms with Crippen LogP contribution in [0, 0.1) is 11.3 Å². The zero-order valence-electron chi connectivity index (χ0n) is 36.2. The van der Waals surface area contributed by atoms with Crippen molar-refractivity contribution < 1.29 is 0 Å². The maximum atomic E-state index is 9.35. The van der Waals surface area contributed by atoms with E-state index in [9.17, 15) is 5.26 Å². The minimum absolute atomic E-state index is 0.587. The van der Waals surface area contributed by atoms with Gasteiger partial charge >= 0.3 is 0 Å². The predicted octanol–water partition coefficient (Wildman–Crippen LogP) is 15.2. The summed E-state index contributed by atoms with van der Waals surface area (Å²) in [4.78, 5) is 14.9. The largest absolute Gasteiger partial charge is 0.208 e. The van der Waals surface area contributed by atoms with Crippen LogP contribution in [0.15, 0.2) is 231 Å². The van der Waals surface area contributed by atoms with E-state index in [4.69, 9.17) is 15.0 Å². The number of rotatable bonds is 6. The van der Waals surface area contributed by atoms with E-state index in [2.05, 4.69) is 152 Å². The molecule has 67 heavy (non-hydrogen) atoms. The highest BCUT2D eigenvalue weighted by Gasteiger charge is 2.50. The van der Waals surface area contributed by atoms with Gasteiger partial charge in [0.25, 0.3) is 0 Å². The number of nitriles is 1. The minimum atomic E-state index is -0.587. The fourth-order valence-electron chi connectivity index (χ4n) is 10.7. The molecule has 1 heterocycles. The van der Waals surface area contributed by atoms with Crippen molar-refractivity contribution in [1.29, 1.82) is 5.26 Å². The van der Waals surface area contributed by atoms with E-state index in [0.29, 0.717) is 23.0 Å². The summed E-state index contributed by atoms with van der Waals surface area (Å²) in [6, 6.07) is 84.5. The van der Waals surface area contributed by atoms with Gasteiger partial charge in [-0.2, -0.15) is 5.26 Å². The Morgan fingerprint density at radius 3 is 1.22 bits per heavy atom. The molecule has 310 valence electrons. The number of hydrogen-bond acceptors (Lipinski definition) is 4. The third kappa shape index (κ3) is 6.10. The second-order valence-corrected chi connectivity index (χ2v) is 17.4. The molecule has 1 unspecified atom stereocenters. The van der Waals surface area contributed by atoms with Gasteiger partial charge in [-0.25, -0.2) is 15.0 Å². The van der Waals surface area contributed by atoms with Gasteiger partial charge in [0.15, 0.2) is 17.5 Å². The summed E-state index contributed by atoms with van der Waals surface area (Å²) in [6.45, 7) is 0. The van der Waals surface area contributed by atoms with E-state index in [1.165, 1.54) is 60.8 Å². The molecule has 1 atom stereocenters. The topological polar surface area (TPSA) is 62.5 Å². The van der Waals surface area contributed by atoms with Crippen molar-refractivity contribution in [1.82, 2.24) is 15.0 Å². The number of hydrogen-bond donors (Lipinski definition) is 0. The van der Waals surface area contributed by atoms with E-state index < -0.39 is 5.41 Å². The standard InChI is InChI=1S/C63H38N4/c64-39-40-21-23-41(24-22-40)42-25-27-43(28-26-42)49-33-35-52-53-36-34-50(38-58(53)63(57(52)37-49)55-19-8-7-17-51(55)54-18-9-15-45-16-10-20-56(63)59(45)54)44-29-31-48(32-30-44)62-66-60(46-11-3-1-4-12-46)65-61(67-62)47-13-5-2-6-14-47/h1-38H. The summed E-state index contributed by atoms with van der Waals surface area (Å²) < 4.78 is 0. The number of fused-ring (bicyclic) bond motifs is 9. The smallest absolute Gasteiger partial charge is 0.164 e. The van der Waals surface area contributed by atoms with E-state index in [-0.39, 0.29) is 0 Å². The van der Waals surface area contributed by atoms with Gasteiger partial charge in [0.1, 0.15) is 0 Å². The monoisotopic (exact) mass is 850 g/mol. The van der Waals surface area contributed by atoms with Crippen LogP contribution in [0.5, 0.6) is 0 Å². The predicted molar refractivity (Wildman–Crippen MR) is 271 cm³/mol. The van der Waals surface area contributed by atoms with Crippen LogP contribution in [0.4, 0.5) is 0 Å². The first kappa shape index (κ1) is 38.4. The molecule has 4 heteroatoms. The molecular formula is C63H38N4. The highest BCUT2D eigenvalue weighted by atomic mass is 15.0. The SMILES string of the molecule is N#Cc1ccc(-c2ccc(-c3ccc4c(c3)C3(c5cc(-c6ccc(-c7nc(-c8ccccc8)nc(-c8ccccc8)n7)cc6)ccc5-4)c4ccccc4-c4cccc5cccc3c45)cc2)cc1. The molecule has 11 aromatic rings. The molecule has 0 N–H and O–H groups in total. The van der Waals surface area contributed by atoms with E-state index in [1.807, 2.05) is 84.9 Å². The summed E-state index contributed by atoms with van der Waals surface area (Å²) in [7, 11) is 0. The summed E-state index contributed by atoms with van der Waals surface area (Å²) in [5, 5.41) is 11.9. The van der Waals surface area contributed by atoms with Crippen LogP contribution in [0.3, 0.4) is 0 Å². The second kappa shape index (κ2) is 15.3. The van der Waals surface area contributed by atoms with Crippen molar-refractivity contribution in [3.05, 3.63) is 258 Å². The van der Waals surface area contributed by atoms with Crippen LogP contribution >= 0.6 is 0 Å². The highest BCUT2D eigenvalue weighted by molar-refractivity contribution is 6.07. The Bertz CT molecular complexity index is 3720. The lowest BCUT2D eigenvalue weighted by atomic mass is 9.61. The molecule has 0 saturated heterocycles. The second-order valence-electron chi connectivity index (χ2n) is 17.4. The maximum absolute atomic E-state index is 9.35. The maximum Gasteiger partial charge on any atom is 0.164 e. The molecule has 4 nitrogen and oxygen atoms in total. The van der Waals surface area contributed by atoms with E-state index in [1.54, 1.807) is 0 Å². The van der Waals surface area contributed by atoms with Gasteiger partial charge < -0.3 is 0 Å². The fraction of sp³-hybridized carbons (Fsp3) is 0.0159. The normalized spacial score (nSPS) is 14.0. The summed E-state index contributed by atoms with van der Waals surface area (Å²) in [5.74, 6) is 1.92. The van der Waals surface area contributed by atoms with Gasteiger partial charge in [-0.15, -0.1) is 0 Å². The van der Waals surface area contributed by atoms with Gasteiger partial charge in [-0.1, -0.05) is 206 Å². The molecule has 0 aliphatic heterocycles. The van der Waals surface area contributed by atoms with Gasteiger partial charge in [0.2, 0.25) is 0 Å². The Balaban J connectivity index is 0.962. The molecular weight excluding hydrogens is 813 g/mol. The third-order valence-electron chi connectivity index (χ3n) is 13.8. The Hall–Kier alpha value is -9.04. The van der Waals surface area contributed by atoms with Crippen LogP contribution in [-0.4, -0.2) is 15.0 Å². The molecule has 0 bridgehead atoms. The Morgan fingerprint density at radius 1 is 0.299 bits per heavy atom. The molecule has 13 rings (SSSR count). The van der Waals surface area contributed by atoms with Gasteiger partial charge in [-0.05, 0) is 113 Å². The van der Waals surface area contributed by atoms with Crippen LogP contribution in [0.25, 0.3) is 101 Å². The van der Waals surface area contributed by atoms with Gasteiger partial charge in [0.05, 0.1) is 17.0 Å². The quantitative estimate of drug-likeness (QED) is 0.167. The first-order valence-electron chi connectivity index (χ1n) is 22.6. The van der Waals surface area contributed by atoms with Crippen molar-refractivity contribution in [2.45, 2.75) is 5.41 Å².